The molecule has 2 aromatic heterocycles. The van der Waals surface area contributed by atoms with Crippen molar-refractivity contribution in [1.29, 1.82) is 0 Å². The van der Waals surface area contributed by atoms with Crippen molar-refractivity contribution < 1.29 is 9.59 Å². The van der Waals surface area contributed by atoms with E-state index in [1.165, 1.54) is 6.92 Å². The molecule has 0 aliphatic rings. The molecule has 3 aromatic rings. The van der Waals surface area contributed by atoms with Gasteiger partial charge in [0.25, 0.3) is 5.91 Å². The summed E-state index contributed by atoms with van der Waals surface area (Å²) < 4.78 is 1.63. The van der Waals surface area contributed by atoms with Gasteiger partial charge in [0.05, 0.1) is 22.5 Å². The second-order valence-electron chi connectivity index (χ2n) is 4.93. The zero-order valence-electron chi connectivity index (χ0n) is 12.2. The van der Waals surface area contributed by atoms with E-state index in [2.05, 4.69) is 15.4 Å². The normalized spacial score (nSPS) is 10.6. The molecule has 0 saturated heterocycles. The molecular weight excluding hydrogens is 280 g/mol. The van der Waals surface area contributed by atoms with Crippen molar-refractivity contribution in [3.63, 3.8) is 0 Å². The highest BCUT2D eigenvalue weighted by atomic mass is 16.2. The fourth-order valence-corrected chi connectivity index (χ4v) is 2.31. The van der Waals surface area contributed by atoms with Crippen LogP contribution in [0.3, 0.4) is 0 Å². The number of aromatic nitrogens is 3. The molecule has 0 aliphatic carbocycles. The summed E-state index contributed by atoms with van der Waals surface area (Å²) >= 11 is 0. The third-order valence-electron chi connectivity index (χ3n) is 3.31. The minimum absolute atomic E-state index is 0.371. The molecule has 3 rings (SSSR count). The van der Waals surface area contributed by atoms with Gasteiger partial charge in [0, 0.05) is 24.7 Å². The quantitative estimate of drug-likeness (QED) is 0.784. The van der Waals surface area contributed by atoms with E-state index in [0.717, 1.165) is 16.6 Å². The molecule has 6 heteroatoms. The first kappa shape index (κ1) is 13.9. The number of benzene rings is 1. The standard InChI is InChI=1S/C16H14N4O2/c1-10-13(16(22)18-11(2)21)9-20(19-10)15-7-8-17-14-6-4-3-5-12(14)15/h3-9H,1-2H3,(H,18,21,22). The van der Waals surface area contributed by atoms with Crippen LogP contribution in [0.2, 0.25) is 0 Å². The fourth-order valence-electron chi connectivity index (χ4n) is 2.31. The van der Waals surface area contributed by atoms with E-state index >= 15 is 0 Å². The van der Waals surface area contributed by atoms with Crippen LogP contribution in [0.25, 0.3) is 16.6 Å². The van der Waals surface area contributed by atoms with Crippen LogP contribution in [0.4, 0.5) is 0 Å². The van der Waals surface area contributed by atoms with E-state index in [9.17, 15) is 9.59 Å². The van der Waals surface area contributed by atoms with Crippen molar-refractivity contribution in [3.8, 4) is 5.69 Å². The van der Waals surface area contributed by atoms with E-state index in [4.69, 9.17) is 0 Å². The molecule has 22 heavy (non-hydrogen) atoms. The minimum Gasteiger partial charge on any atom is -0.292 e. The highest BCUT2D eigenvalue weighted by Crippen LogP contribution is 2.21. The minimum atomic E-state index is -0.449. The Hall–Kier alpha value is -3.02. The molecule has 6 nitrogen and oxygen atoms in total. The SMILES string of the molecule is CC(=O)NC(=O)c1cn(-c2ccnc3ccccc23)nc1C. The topological polar surface area (TPSA) is 76.9 Å². The van der Waals surface area contributed by atoms with Crippen LogP contribution in [-0.2, 0) is 4.79 Å². The van der Waals surface area contributed by atoms with Crippen molar-refractivity contribution in [2.45, 2.75) is 13.8 Å². The Morgan fingerprint density at radius 1 is 1.18 bits per heavy atom. The van der Waals surface area contributed by atoms with Gasteiger partial charge in [-0.05, 0) is 19.1 Å². The van der Waals surface area contributed by atoms with Crippen molar-refractivity contribution in [2.24, 2.45) is 0 Å². The maximum Gasteiger partial charge on any atom is 0.261 e. The van der Waals surface area contributed by atoms with E-state index in [-0.39, 0.29) is 0 Å². The lowest BCUT2D eigenvalue weighted by Gasteiger charge is -2.05. The Morgan fingerprint density at radius 2 is 1.95 bits per heavy atom. The average molecular weight is 294 g/mol. The zero-order chi connectivity index (χ0) is 15.7. The Labute approximate surface area is 126 Å². The summed E-state index contributed by atoms with van der Waals surface area (Å²) in [4.78, 5) is 27.3. The zero-order valence-corrected chi connectivity index (χ0v) is 12.2. The van der Waals surface area contributed by atoms with Crippen LogP contribution >= 0.6 is 0 Å². The largest absolute Gasteiger partial charge is 0.292 e. The number of fused-ring (bicyclic) bond motifs is 1. The molecule has 0 bridgehead atoms. The van der Waals surface area contributed by atoms with Crippen molar-refractivity contribution in [2.75, 3.05) is 0 Å². The first-order chi connectivity index (χ1) is 10.6. The van der Waals surface area contributed by atoms with Crippen LogP contribution in [-0.4, -0.2) is 26.6 Å². The summed E-state index contributed by atoms with van der Waals surface area (Å²) in [6, 6.07) is 9.54. The van der Waals surface area contributed by atoms with E-state index in [1.54, 1.807) is 24.0 Å². The Bertz CT molecular complexity index is 877. The van der Waals surface area contributed by atoms with E-state index in [0.29, 0.717) is 11.3 Å². The predicted molar refractivity (Wildman–Crippen MR) is 81.7 cm³/mol. The van der Waals surface area contributed by atoms with Crippen LogP contribution in [0.1, 0.15) is 23.0 Å². The van der Waals surface area contributed by atoms with Gasteiger partial charge in [-0.1, -0.05) is 18.2 Å². The van der Waals surface area contributed by atoms with Gasteiger partial charge in [-0.3, -0.25) is 19.9 Å². The molecule has 0 saturated carbocycles. The fraction of sp³-hybridized carbons (Fsp3) is 0.125. The molecule has 1 N–H and O–H groups in total. The summed E-state index contributed by atoms with van der Waals surface area (Å²) in [5.74, 6) is -0.846. The second-order valence-corrected chi connectivity index (χ2v) is 4.93. The van der Waals surface area contributed by atoms with Crippen LogP contribution in [0, 0.1) is 6.92 Å². The van der Waals surface area contributed by atoms with E-state index in [1.807, 2.05) is 30.3 Å². The van der Waals surface area contributed by atoms with Gasteiger partial charge in [-0.2, -0.15) is 5.10 Å². The van der Waals surface area contributed by atoms with Crippen molar-refractivity contribution in [1.82, 2.24) is 20.1 Å². The second kappa shape index (κ2) is 5.40. The number of imide groups is 1. The summed E-state index contributed by atoms with van der Waals surface area (Å²) in [7, 11) is 0. The molecule has 0 aliphatic heterocycles. The Balaban J connectivity index is 2.09. The molecular formula is C16H14N4O2. The molecule has 0 spiro atoms. The van der Waals surface area contributed by atoms with Crippen molar-refractivity contribution >= 4 is 22.7 Å². The molecule has 0 unspecified atom stereocenters. The third kappa shape index (κ3) is 2.46. The molecule has 2 heterocycles. The highest BCUT2D eigenvalue weighted by Gasteiger charge is 2.16. The molecule has 0 fully saturated rings. The van der Waals surface area contributed by atoms with Gasteiger partial charge in [0.1, 0.15) is 0 Å². The smallest absolute Gasteiger partial charge is 0.261 e. The van der Waals surface area contributed by atoms with Gasteiger partial charge in [-0.25, -0.2) is 4.68 Å². The van der Waals surface area contributed by atoms with Crippen LogP contribution in [0.5, 0.6) is 0 Å². The Morgan fingerprint density at radius 3 is 2.73 bits per heavy atom. The summed E-state index contributed by atoms with van der Waals surface area (Å²) in [6.07, 6.45) is 3.32. The first-order valence-corrected chi connectivity index (χ1v) is 6.78. The molecule has 0 atom stereocenters. The number of nitrogens with one attached hydrogen (secondary N) is 1. The number of carbonyl (C=O) groups is 2. The maximum atomic E-state index is 12.0. The number of nitrogens with zero attached hydrogens (tertiary/aromatic N) is 3. The number of amides is 2. The van der Waals surface area contributed by atoms with Crippen molar-refractivity contribution in [3.05, 3.63) is 54.0 Å². The number of aryl methyl sites for hydroxylation is 1. The number of hydrogen-bond acceptors (Lipinski definition) is 4. The lowest BCUT2D eigenvalue weighted by atomic mass is 10.2. The summed E-state index contributed by atoms with van der Waals surface area (Å²) in [5.41, 5.74) is 2.61. The number of carbonyl (C=O) groups excluding carboxylic acids is 2. The monoisotopic (exact) mass is 294 g/mol. The molecule has 2 amide bonds. The van der Waals surface area contributed by atoms with Crippen LogP contribution in [0.15, 0.2) is 42.7 Å². The lowest BCUT2D eigenvalue weighted by Crippen LogP contribution is -2.28. The maximum absolute atomic E-state index is 12.0. The van der Waals surface area contributed by atoms with Gasteiger partial charge in [0.15, 0.2) is 0 Å². The molecule has 0 radical (unpaired) electrons. The first-order valence-electron chi connectivity index (χ1n) is 6.78. The van der Waals surface area contributed by atoms with E-state index < -0.39 is 11.8 Å². The third-order valence-corrected chi connectivity index (χ3v) is 3.31. The van der Waals surface area contributed by atoms with Gasteiger partial charge in [0.2, 0.25) is 5.91 Å². The highest BCUT2D eigenvalue weighted by molar-refractivity contribution is 6.04. The molecule has 1 aromatic carbocycles. The number of hydrogen-bond donors (Lipinski definition) is 1. The van der Waals surface area contributed by atoms with Crippen LogP contribution < -0.4 is 5.32 Å². The number of rotatable bonds is 2. The number of para-hydroxylation sites is 1. The van der Waals surface area contributed by atoms with Gasteiger partial charge >= 0.3 is 0 Å². The van der Waals surface area contributed by atoms with Gasteiger partial charge < -0.3 is 0 Å². The lowest BCUT2D eigenvalue weighted by molar-refractivity contribution is -0.118. The average Bonchev–Trinajstić information content (AvgIpc) is 2.88. The molecule has 110 valence electrons. The van der Waals surface area contributed by atoms with Gasteiger partial charge in [-0.15, -0.1) is 0 Å². The Kier molecular flexibility index (Phi) is 3.42. The summed E-state index contributed by atoms with van der Waals surface area (Å²) in [5, 5.41) is 7.57. The predicted octanol–water partition coefficient (Wildman–Crippen LogP) is 2.01. The summed E-state index contributed by atoms with van der Waals surface area (Å²) in [6.45, 7) is 3.03. The number of pyridine rings is 1.